The van der Waals surface area contributed by atoms with Gasteiger partial charge in [0, 0.05) is 30.2 Å². The third-order valence-corrected chi connectivity index (χ3v) is 4.34. The quantitative estimate of drug-likeness (QED) is 0.879. The zero-order chi connectivity index (χ0) is 18.5. The molecule has 0 spiro atoms. The van der Waals surface area contributed by atoms with E-state index in [1.165, 1.54) is 11.1 Å². The topological polar surface area (TPSA) is 99.6 Å². The van der Waals surface area contributed by atoms with Crippen molar-refractivity contribution in [2.45, 2.75) is 25.3 Å². The number of aromatic nitrogens is 1. The summed E-state index contributed by atoms with van der Waals surface area (Å²) in [5.74, 6) is -1.65. The highest BCUT2D eigenvalue weighted by Crippen LogP contribution is 2.21. The number of carbonyl (C=O) groups is 3. The van der Waals surface area contributed by atoms with Gasteiger partial charge in [-0.25, -0.2) is 4.79 Å². The minimum absolute atomic E-state index is 0.330. The van der Waals surface area contributed by atoms with Gasteiger partial charge >= 0.3 is 5.97 Å². The van der Waals surface area contributed by atoms with Gasteiger partial charge in [0.15, 0.2) is 0 Å². The van der Waals surface area contributed by atoms with Crippen LogP contribution in [0.25, 0.3) is 0 Å². The Bertz CT molecular complexity index is 823. The molecule has 1 saturated heterocycles. The Morgan fingerprint density at radius 1 is 1.12 bits per heavy atom. The number of nitrogens with zero attached hydrogens (tertiary/aromatic N) is 2. The minimum Gasteiger partial charge on any atom is -0.480 e. The summed E-state index contributed by atoms with van der Waals surface area (Å²) < 4.78 is 0. The summed E-state index contributed by atoms with van der Waals surface area (Å²) in [5.41, 5.74) is 1.22. The number of nitrogens with one attached hydrogen (secondary N) is 1. The van der Waals surface area contributed by atoms with Crippen molar-refractivity contribution in [3.8, 4) is 0 Å². The van der Waals surface area contributed by atoms with Gasteiger partial charge in [-0.1, -0.05) is 6.07 Å². The number of amides is 2. The maximum atomic E-state index is 12.8. The predicted octanol–water partition coefficient (Wildman–Crippen LogP) is 2.41. The fourth-order valence-electron chi connectivity index (χ4n) is 3.03. The fourth-order valence-corrected chi connectivity index (χ4v) is 3.03. The highest BCUT2D eigenvalue weighted by Gasteiger charge is 2.32. The third kappa shape index (κ3) is 3.88. The molecule has 134 valence electrons. The van der Waals surface area contributed by atoms with Crippen molar-refractivity contribution in [1.82, 2.24) is 9.88 Å². The number of carbonyl (C=O) groups excluding carboxylic acids is 2. The Morgan fingerprint density at radius 3 is 2.65 bits per heavy atom. The van der Waals surface area contributed by atoms with Gasteiger partial charge in [-0.15, -0.1) is 0 Å². The molecule has 2 heterocycles. The van der Waals surface area contributed by atoms with Crippen LogP contribution in [0.15, 0.2) is 48.8 Å². The van der Waals surface area contributed by atoms with Crippen LogP contribution in [0.5, 0.6) is 0 Å². The molecule has 0 radical (unpaired) electrons. The highest BCUT2D eigenvalue weighted by molar-refractivity contribution is 6.05. The van der Waals surface area contributed by atoms with Gasteiger partial charge in [-0.2, -0.15) is 0 Å². The first-order chi connectivity index (χ1) is 12.6. The van der Waals surface area contributed by atoms with Gasteiger partial charge in [-0.3, -0.25) is 14.6 Å². The molecule has 1 fully saturated rings. The molecule has 2 amide bonds. The molecule has 26 heavy (non-hydrogen) atoms. The van der Waals surface area contributed by atoms with Gasteiger partial charge in [-0.05, 0) is 49.6 Å². The van der Waals surface area contributed by atoms with Crippen LogP contribution < -0.4 is 5.32 Å². The van der Waals surface area contributed by atoms with Gasteiger partial charge in [0.2, 0.25) is 0 Å². The first-order valence-electron chi connectivity index (χ1n) is 8.41. The number of pyridine rings is 1. The van der Waals surface area contributed by atoms with E-state index in [1.54, 1.807) is 42.6 Å². The molecule has 0 aliphatic carbocycles. The molecule has 2 aromatic rings. The first-order valence-corrected chi connectivity index (χ1v) is 8.41. The number of hydrogen-bond acceptors (Lipinski definition) is 4. The van der Waals surface area contributed by atoms with E-state index >= 15 is 0 Å². The SMILES string of the molecule is O=C(Nc1cccc(C(=O)N2CCCC[C@@H]2C(=O)O)c1)c1cccnc1. The zero-order valence-electron chi connectivity index (χ0n) is 14.1. The average molecular weight is 353 g/mol. The van der Waals surface area contributed by atoms with E-state index in [0.717, 1.165) is 12.8 Å². The van der Waals surface area contributed by atoms with Gasteiger partial charge in [0.1, 0.15) is 6.04 Å². The summed E-state index contributed by atoms with van der Waals surface area (Å²) in [6.07, 6.45) is 5.07. The molecule has 1 aliphatic heterocycles. The smallest absolute Gasteiger partial charge is 0.326 e. The van der Waals surface area contributed by atoms with E-state index in [9.17, 15) is 19.5 Å². The minimum atomic E-state index is -0.987. The first kappa shape index (κ1) is 17.6. The van der Waals surface area contributed by atoms with Crippen molar-refractivity contribution in [2.75, 3.05) is 11.9 Å². The number of benzene rings is 1. The summed E-state index contributed by atoms with van der Waals surface area (Å²) in [4.78, 5) is 41.7. The molecule has 2 N–H and O–H groups in total. The number of carboxylic acids is 1. The van der Waals surface area contributed by atoms with Crippen LogP contribution in [0.4, 0.5) is 5.69 Å². The number of hydrogen-bond donors (Lipinski definition) is 2. The second-order valence-electron chi connectivity index (χ2n) is 6.12. The lowest BCUT2D eigenvalue weighted by atomic mass is 10.0. The monoisotopic (exact) mass is 353 g/mol. The number of carboxylic acid groups (broad SMARTS) is 1. The molecule has 1 aromatic heterocycles. The van der Waals surface area contributed by atoms with E-state index < -0.39 is 12.0 Å². The van der Waals surface area contributed by atoms with Crippen LogP contribution in [-0.2, 0) is 4.79 Å². The Hall–Kier alpha value is -3.22. The zero-order valence-corrected chi connectivity index (χ0v) is 14.1. The van der Waals surface area contributed by atoms with Crippen LogP contribution in [0.1, 0.15) is 40.0 Å². The highest BCUT2D eigenvalue weighted by atomic mass is 16.4. The lowest BCUT2D eigenvalue weighted by Gasteiger charge is -2.33. The molecule has 0 unspecified atom stereocenters. The Morgan fingerprint density at radius 2 is 1.92 bits per heavy atom. The van der Waals surface area contributed by atoms with E-state index in [2.05, 4.69) is 10.3 Å². The van der Waals surface area contributed by atoms with Gasteiger partial charge in [0.25, 0.3) is 11.8 Å². The molecule has 0 saturated carbocycles. The number of rotatable bonds is 4. The van der Waals surface area contributed by atoms with Crippen LogP contribution >= 0.6 is 0 Å². The molecular weight excluding hydrogens is 334 g/mol. The summed E-state index contributed by atoms with van der Waals surface area (Å²) >= 11 is 0. The number of aliphatic carboxylic acids is 1. The van der Waals surface area contributed by atoms with Crippen molar-refractivity contribution in [2.24, 2.45) is 0 Å². The summed E-state index contributed by atoms with van der Waals surface area (Å²) in [6.45, 7) is 0.419. The molecule has 0 bridgehead atoms. The molecule has 1 aromatic carbocycles. The molecule has 1 atom stereocenters. The van der Waals surface area contributed by atoms with Crippen molar-refractivity contribution in [3.63, 3.8) is 0 Å². The molecule has 7 nitrogen and oxygen atoms in total. The van der Waals surface area contributed by atoms with Gasteiger partial charge in [0.05, 0.1) is 5.56 Å². The second kappa shape index (κ2) is 7.77. The third-order valence-electron chi connectivity index (χ3n) is 4.34. The maximum Gasteiger partial charge on any atom is 0.326 e. The van der Waals surface area contributed by atoms with Crippen LogP contribution in [-0.4, -0.2) is 45.4 Å². The van der Waals surface area contributed by atoms with Crippen LogP contribution in [0.3, 0.4) is 0 Å². The van der Waals surface area contributed by atoms with Crippen molar-refractivity contribution < 1.29 is 19.5 Å². The lowest BCUT2D eigenvalue weighted by molar-refractivity contribution is -0.143. The van der Waals surface area contributed by atoms with Gasteiger partial charge < -0.3 is 15.3 Å². The predicted molar refractivity (Wildman–Crippen MR) is 94.9 cm³/mol. The number of anilines is 1. The Labute approximate surface area is 150 Å². The Kier molecular flexibility index (Phi) is 5.26. The maximum absolute atomic E-state index is 12.8. The Balaban J connectivity index is 1.77. The molecular formula is C19H19N3O4. The fraction of sp³-hybridized carbons (Fsp3) is 0.263. The summed E-state index contributed by atoms with van der Waals surface area (Å²) in [6, 6.07) is 9.02. The van der Waals surface area contributed by atoms with E-state index in [0.29, 0.717) is 29.8 Å². The normalized spacial score (nSPS) is 16.8. The summed E-state index contributed by atoms with van der Waals surface area (Å²) in [7, 11) is 0. The van der Waals surface area contributed by atoms with Crippen molar-refractivity contribution in [3.05, 3.63) is 59.9 Å². The molecule has 7 heteroatoms. The number of likely N-dealkylation sites (tertiary alicyclic amines) is 1. The van der Waals surface area contributed by atoms with Crippen LogP contribution in [0, 0.1) is 0 Å². The summed E-state index contributed by atoms with van der Waals surface area (Å²) in [5, 5.41) is 12.1. The van der Waals surface area contributed by atoms with E-state index in [-0.39, 0.29) is 11.8 Å². The molecule has 1 aliphatic rings. The molecule has 3 rings (SSSR count). The van der Waals surface area contributed by atoms with E-state index in [1.807, 2.05) is 0 Å². The van der Waals surface area contributed by atoms with Crippen molar-refractivity contribution in [1.29, 1.82) is 0 Å². The van der Waals surface area contributed by atoms with Crippen molar-refractivity contribution >= 4 is 23.5 Å². The number of piperidine rings is 1. The van der Waals surface area contributed by atoms with Crippen LogP contribution in [0.2, 0.25) is 0 Å². The lowest BCUT2D eigenvalue weighted by Crippen LogP contribution is -2.48. The largest absolute Gasteiger partial charge is 0.480 e. The average Bonchev–Trinajstić information content (AvgIpc) is 2.68. The standard InChI is InChI=1S/C19H19N3O4/c23-17(14-6-4-9-20-12-14)21-15-7-3-5-13(11-15)18(24)22-10-2-1-8-16(22)19(25)26/h3-7,9,11-12,16H,1-2,8,10H2,(H,21,23)(H,25,26)/t16-/m1/s1. The second-order valence-corrected chi connectivity index (χ2v) is 6.12. The van der Waals surface area contributed by atoms with E-state index in [4.69, 9.17) is 0 Å².